The molecule has 2 heterocycles. The number of carbonyl (C=O) groups is 1. The van der Waals surface area contributed by atoms with Gasteiger partial charge in [-0.25, -0.2) is 4.79 Å². The molecule has 0 spiro atoms. The van der Waals surface area contributed by atoms with E-state index in [1.54, 1.807) is 4.90 Å². The van der Waals surface area contributed by atoms with Crippen LogP contribution in [0, 0.1) is 6.92 Å². The summed E-state index contributed by atoms with van der Waals surface area (Å²) in [6.07, 6.45) is 0.971. The molecule has 3 aromatic carbocycles. The molecule has 1 aliphatic rings. The van der Waals surface area contributed by atoms with Crippen LogP contribution in [0.4, 0.5) is 4.79 Å². The summed E-state index contributed by atoms with van der Waals surface area (Å²) in [6, 6.07) is 25.7. The minimum absolute atomic E-state index is 0.157. The van der Waals surface area contributed by atoms with Gasteiger partial charge in [0.1, 0.15) is 0 Å². The van der Waals surface area contributed by atoms with Crippen LogP contribution in [-0.2, 0) is 13.0 Å². The van der Waals surface area contributed by atoms with Crippen molar-refractivity contribution >= 4 is 11.6 Å². The number of urea groups is 1. The van der Waals surface area contributed by atoms with Gasteiger partial charge in [-0.15, -0.1) is 0 Å². The minimum Gasteiger partial charge on any atom is -0.334 e. The van der Waals surface area contributed by atoms with E-state index in [0.717, 1.165) is 39.9 Å². The largest absolute Gasteiger partial charge is 0.334 e. The number of allylic oxidation sites excluding steroid dienone is 1. The second kappa shape index (κ2) is 9.58. The third-order valence-electron chi connectivity index (χ3n) is 6.47. The van der Waals surface area contributed by atoms with E-state index in [0.29, 0.717) is 18.3 Å². The fraction of sp³-hybridized carbons (Fsp3) is 0.207. The summed E-state index contributed by atoms with van der Waals surface area (Å²) in [6.45, 7) is 6.56. The molecule has 1 aromatic heterocycles. The molecule has 1 N–H and O–H groups in total. The molecule has 1 atom stereocenters. The molecule has 0 saturated heterocycles. The highest BCUT2D eigenvalue weighted by molar-refractivity contribution is 5.86. The smallest absolute Gasteiger partial charge is 0.322 e. The first kappa shape index (κ1) is 22.6. The van der Waals surface area contributed by atoms with Crippen molar-refractivity contribution in [3.8, 4) is 11.4 Å². The predicted molar refractivity (Wildman–Crippen MR) is 136 cm³/mol. The number of aromatic nitrogens is 2. The number of carbonyl (C=O) groups excluding carboxylic acids is 1. The minimum atomic E-state index is -0.397. The van der Waals surface area contributed by atoms with Crippen LogP contribution in [0.2, 0.25) is 0 Å². The molecule has 0 radical (unpaired) electrons. The molecule has 6 heteroatoms. The molecule has 1 aliphatic heterocycles. The van der Waals surface area contributed by atoms with E-state index < -0.39 is 6.04 Å². The molecule has 35 heavy (non-hydrogen) atoms. The van der Waals surface area contributed by atoms with Gasteiger partial charge < -0.3 is 9.84 Å². The van der Waals surface area contributed by atoms with Gasteiger partial charge in [0.05, 0.1) is 18.2 Å². The van der Waals surface area contributed by atoms with Crippen LogP contribution >= 0.6 is 0 Å². The molecule has 0 bridgehead atoms. The molecule has 1 unspecified atom stereocenters. The van der Waals surface area contributed by atoms with Gasteiger partial charge in [-0.1, -0.05) is 96.5 Å². The van der Waals surface area contributed by atoms with Crippen molar-refractivity contribution in [1.82, 2.24) is 20.4 Å². The van der Waals surface area contributed by atoms with E-state index >= 15 is 0 Å². The van der Waals surface area contributed by atoms with Crippen LogP contribution in [0.1, 0.15) is 48.0 Å². The van der Waals surface area contributed by atoms with Crippen molar-refractivity contribution in [1.29, 1.82) is 0 Å². The van der Waals surface area contributed by atoms with Gasteiger partial charge >= 0.3 is 6.03 Å². The zero-order chi connectivity index (χ0) is 24.4. The van der Waals surface area contributed by atoms with Gasteiger partial charge in [0.25, 0.3) is 5.89 Å². The number of rotatable bonds is 6. The second-order valence-electron chi connectivity index (χ2n) is 8.84. The number of hydrogen-bond donors (Lipinski definition) is 1. The lowest BCUT2D eigenvalue weighted by atomic mass is 9.94. The number of benzene rings is 3. The van der Waals surface area contributed by atoms with E-state index in [1.807, 2.05) is 80.6 Å². The first-order valence-electron chi connectivity index (χ1n) is 11.9. The van der Waals surface area contributed by atoms with Crippen molar-refractivity contribution in [3.63, 3.8) is 0 Å². The summed E-state index contributed by atoms with van der Waals surface area (Å²) < 4.78 is 5.80. The summed E-state index contributed by atoms with van der Waals surface area (Å²) in [7, 11) is 0. The summed E-state index contributed by atoms with van der Waals surface area (Å²) >= 11 is 0. The summed E-state index contributed by atoms with van der Waals surface area (Å²) in [5.41, 5.74) is 6.89. The van der Waals surface area contributed by atoms with E-state index in [9.17, 15) is 4.79 Å². The Morgan fingerprint density at radius 1 is 0.914 bits per heavy atom. The summed E-state index contributed by atoms with van der Waals surface area (Å²) in [4.78, 5) is 19.7. The highest BCUT2D eigenvalue weighted by atomic mass is 16.5. The third-order valence-corrected chi connectivity index (χ3v) is 6.47. The van der Waals surface area contributed by atoms with Crippen LogP contribution in [0.25, 0.3) is 17.0 Å². The Bertz CT molecular complexity index is 1360. The maximum atomic E-state index is 13.2. The summed E-state index contributed by atoms with van der Waals surface area (Å²) in [5, 5.41) is 7.44. The maximum absolute atomic E-state index is 13.2. The lowest BCUT2D eigenvalue weighted by Gasteiger charge is -2.35. The topological polar surface area (TPSA) is 71.3 Å². The Balaban J connectivity index is 1.57. The van der Waals surface area contributed by atoms with E-state index in [1.165, 1.54) is 5.56 Å². The van der Waals surface area contributed by atoms with Gasteiger partial charge in [-0.3, -0.25) is 4.90 Å². The Morgan fingerprint density at radius 2 is 1.63 bits per heavy atom. The molecule has 5 rings (SSSR count). The summed E-state index contributed by atoms with van der Waals surface area (Å²) in [5.74, 6) is 0.929. The fourth-order valence-electron chi connectivity index (χ4n) is 4.36. The first-order valence-corrected chi connectivity index (χ1v) is 11.9. The molecule has 0 aliphatic carbocycles. The normalized spacial score (nSPS) is 15.9. The van der Waals surface area contributed by atoms with E-state index in [4.69, 9.17) is 9.51 Å². The third kappa shape index (κ3) is 4.60. The average molecular weight is 465 g/mol. The van der Waals surface area contributed by atoms with Gasteiger partial charge in [-0.05, 0) is 37.0 Å². The molecular weight excluding hydrogens is 436 g/mol. The van der Waals surface area contributed by atoms with Crippen molar-refractivity contribution < 1.29 is 9.32 Å². The molecular formula is C29H28N4O2. The number of nitrogens with zero attached hydrogens (tertiary/aromatic N) is 3. The molecule has 4 aromatic rings. The van der Waals surface area contributed by atoms with Crippen LogP contribution in [0.5, 0.6) is 0 Å². The first-order chi connectivity index (χ1) is 17.0. The van der Waals surface area contributed by atoms with Crippen LogP contribution < -0.4 is 5.32 Å². The Hall–Kier alpha value is -4.19. The average Bonchev–Trinajstić information content (AvgIpc) is 3.37. The lowest BCUT2D eigenvalue weighted by Crippen LogP contribution is -2.45. The zero-order valence-electron chi connectivity index (χ0n) is 20.2. The SMILES string of the molecule is CCc1ccc(-c2noc(C3=C(C)N(Cc4ccccc4)C(=O)NC3c3ccc(C)cc3)n2)cc1. The molecule has 6 nitrogen and oxygen atoms in total. The van der Waals surface area contributed by atoms with Crippen LogP contribution in [0.3, 0.4) is 0 Å². The van der Waals surface area contributed by atoms with Gasteiger partial charge in [0, 0.05) is 11.3 Å². The Kier molecular flexibility index (Phi) is 6.19. The van der Waals surface area contributed by atoms with Crippen molar-refractivity contribution in [3.05, 3.63) is 113 Å². The van der Waals surface area contributed by atoms with E-state index in [-0.39, 0.29) is 6.03 Å². The van der Waals surface area contributed by atoms with Gasteiger partial charge in [0.2, 0.25) is 5.82 Å². The number of amides is 2. The maximum Gasteiger partial charge on any atom is 0.322 e. The predicted octanol–water partition coefficient (Wildman–Crippen LogP) is 6.31. The van der Waals surface area contributed by atoms with Gasteiger partial charge in [-0.2, -0.15) is 4.98 Å². The highest BCUT2D eigenvalue weighted by Gasteiger charge is 2.35. The molecule has 176 valence electrons. The lowest BCUT2D eigenvalue weighted by molar-refractivity contribution is 0.203. The zero-order valence-corrected chi connectivity index (χ0v) is 20.2. The Morgan fingerprint density at radius 3 is 2.31 bits per heavy atom. The van der Waals surface area contributed by atoms with Crippen LogP contribution in [0.15, 0.2) is 89.1 Å². The number of aryl methyl sites for hydroxylation is 2. The van der Waals surface area contributed by atoms with Crippen molar-refractivity contribution in [2.75, 3.05) is 0 Å². The standard InChI is InChI=1S/C29H28N4O2/c1-4-21-12-16-24(17-13-21)27-31-28(35-32-27)25-20(3)33(18-22-8-6-5-7-9-22)29(34)30-26(25)23-14-10-19(2)11-15-23/h5-17,26H,4,18H2,1-3H3,(H,30,34). The molecule has 2 amide bonds. The molecule has 0 saturated carbocycles. The molecule has 0 fully saturated rings. The highest BCUT2D eigenvalue weighted by Crippen LogP contribution is 2.38. The Labute approximate surface area is 205 Å². The van der Waals surface area contributed by atoms with Crippen molar-refractivity contribution in [2.45, 2.75) is 39.8 Å². The van der Waals surface area contributed by atoms with E-state index in [2.05, 4.69) is 29.5 Å². The number of hydrogen-bond acceptors (Lipinski definition) is 4. The van der Waals surface area contributed by atoms with Gasteiger partial charge in [0.15, 0.2) is 0 Å². The van der Waals surface area contributed by atoms with Crippen molar-refractivity contribution in [2.24, 2.45) is 0 Å². The number of nitrogens with one attached hydrogen (secondary N) is 1. The van der Waals surface area contributed by atoms with Crippen LogP contribution in [-0.4, -0.2) is 21.1 Å². The monoisotopic (exact) mass is 464 g/mol. The quantitative estimate of drug-likeness (QED) is 0.363. The second-order valence-corrected chi connectivity index (χ2v) is 8.84. The fourth-order valence-corrected chi connectivity index (χ4v) is 4.36.